The first kappa shape index (κ1) is 72.0. The first-order valence-corrected chi connectivity index (χ1v) is 31.6. The summed E-state index contributed by atoms with van der Waals surface area (Å²) in [5.41, 5.74) is 1.32. The average Bonchev–Trinajstić information content (AvgIpc) is 1.63. The number of hydrogen-bond donors (Lipinski definition) is 16. The zero-order valence-corrected chi connectivity index (χ0v) is 53.3. The standard InChI is InChI=1S/C61H80N14O18S/c1-7-29(4)51-57(90)64-23-46(82)67-41-27-94-60-37(36-13-12-34(77)18-38(36)70-60)20-39(54(87)63-24-47(83)72-51)68-59(92)52(30(5)43(79)26-76)73-56(89)42-19-35(78)25-75(42)61(93)40(69-55(41)88)21-45(81)62-22-32-8-10-33(11-9-32)66-53(86)31(6)65-58(91)50(28(2)3)71-44(80)16-17-74-48(84)14-15-49(74)85/h8-15,18,28-31,35,39-43,50-52,70,76-79H,7,16-17,19-27H2,1-6H3,(H,62,81)(H,63,87)(H,64,90)(H,65,91)(H,66,86)(H,67,82)(H,68,92)(H,69,88)(H,71,80)(H,72,83)(H,73,89)/t29-,30-,31-,35+,39-,40-,41-,42-,43-,50-,51-,52-/m0/s1. The van der Waals surface area contributed by atoms with Crippen LogP contribution in [0.3, 0.4) is 0 Å². The highest BCUT2D eigenvalue weighted by Crippen LogP contribution is 2.34. The third kappa shape index (κ3) is 18.6. The van der Waals surface area contributed by atoms with E-state index in [2.05, 4.69) is 63.5 Å². The zero-order chi connectivity index (χ0) is 68.8. The lowest BCUT2D eigenvalue weighted by atomic mass is 9.93. The molecule has 0 spiro atoms. The summed E-state index contributed by atoms with van der Waals surface area (Å²) in [5.74, 6) is -14.6. The molecular formula is C61H80N14O18S. The van der Waals surface area contributed by atoms with Gasteiger partial charge in [0.15, 0.2) is 0 Å². The fourth-order valence-electron chi connectivity index (χ4n) is 10.8. The Morgan fingerprint density at radius 2 is 1.40 bits per heavy atom. The van der Waals surface area contributed by atoms with Crippen LogP contribution in [0.15, 0.2) is 59.6 Å². The minimum Gasteiger partial charge on any atom is -0.508 e. The quantitative estimate of drug-likeness (QED) is 0.0537. The predicted molar refractivity (Wildman–Crippen MR) is 334 cm³/mol. The normalized spacial score (nSPS) is 23.6. The second-order valence-corrected chi connectivity index (χ2v) is 24.9. The molecule has 2 bridgehead atoms. The number of amides is 14. The summed E-state index contributed by atoms with van der Waals surface area (Å²) < 4.78 is 0. The SMILES string of the molecule is CC[C@H](C)[C@@H]1NC(=O)CNC(=O)[C@@H]2Cc3c([nH]c4cc(O)ccc34)SC[C@H](NC(=O)CNC1=O)C(=O)N[C@@H](CC(=O)NCc1ccc(NC(=O)[C@H](C)NC(=O)[C@@H](NC(=O)CCN3C(=O)C=CC3=O)C(C)C)cc1)C(=O)N1C[C@H](O)C[C@H]1C(=O)N[C@@H]([C@@H](C)[C@@H](O)CO)C(=O)N2. The third-order valence-corrected chi connectivity index (χ3v) is 17.7. The Labute approximate surface area is 543 Å². The van der Waals surface area contributed by atoms with Crippen LogP contribution in [-0.4, -0.2) is 217 Å². The van der Waals surface area contributed by atoms with Crippen LogP contribution in [0.4, 0.5) is 5.69 Å². The molecule has 0 aliphatic carbocycles. The van der Waals surface area contributed by atoms with Crippen molar-refractivity contribution in [3.63, 3.8) is 0 Å². The number of carbonyl (C=O) groups is 14. The van der Waals surface area contributed by atoms with Crippen molar-refractivity contribution in [2.45, 2.75) is 146 Å². The van der Waals surface area contributed by atoms with Crippen LogP contribution in [-0.2, 0) is 80.1 Å². The molecule has 5 heterocycles. The number of nitrogens with one attached hydrogen (secondary N) is 12. The van der Waals surface area contributed by atoms with E-state index in [1.165, 1.54) is 56.3 Å². The number of aromatic nitrogens is 1. The van der Waals surface area contributed by atoms with Crippen LogP contribution < -0.4 is 58.5 Å². The van der Waals surface area contributed by atoms with Gasteiger partial charge in [-0.3, -0.25) is 72.0 Å². The number of carbonyl (C=O) groups excluding carboxylic acids is 14. The Kier molecular flexibility index (Phi) is 24.8. The smallest absolute Gasteiger partial charge is 0.253 e. The van der Waals surface area contributed by atoms with Gasteiger partial charge in [-0.1, -0.05) is 53.2 Å². The number of imide groups is 1. The Morgan fingerprint density at radius 3 is 2.06 bits per heavy atom. The number of hydrogen-bond acceptors (Lipinski definition) is 19. The van der Waals surface area contributed by atoms with Gasteiger partial charge in [0, 0.05) is 79.9 Å². The number of benzene rings is 2. The van der Waals surface area contributed by atoms with Crippen LogP contribution >= 0.6 is 11.8 Å². The molecule has 32 nitrogen and oxygen atoms in total. The molecule has 1 saturated heterocycles. The highest BCUT2D eigenvalue weighted by atomic mass is 32.2. The summed E-state index contributed by atoms with van der Waals surface area (Å²) in [6.45, 7) is 6.13. The van der Waals surface area contributed by atoms with E-state index in [0.717, 1.165) is 33.7 Å². The summed E-state index contributed by atoms with van der Waals surface area (Å²) >= 11 is 0.913. The Balaban J connectivity index is 1.15. The van der Waals surface area contributed by atoms with Crippen molar-refractivity contribution >= 4 is 111 Å². The maximum atomic E-state index is 15.0. The van der Waals surface area contributed by atoms with Gasteiger partial charge in [-0.2, -0.15) is 0 Å². The number of phenols is 1. The molecule has 2 aromatic carbocycles. The number of aromatic hydroxyl groups is 1. The summed E-state index contributed by atoms with van der Waals surface area (Å²) in [7, 11) is 0. The van der Waals surface area contributed by atoms with Crippen molar-refractivity contribution in [1.82, 2.24) is 68.0 Å². The van der Waals surface area contributed by atoms with Crippen molar-refractivity contribution < 1.29 is 87.5 Å². The lowest BCUT2D eigenvalue weighted by Crippen LogP contribution is -2.62. The summed E-state index contributed by atoms with van der Waals surface area (Å²) in [5, 5.41) is 71.6. The van der Waals surface area contributed by atoms with Gasteiger partial charge < -0.3 is 88.8 Å². The molecule has 12 atom stereocenters. The van der Waals surface area contributed by atoms with Crippen LogP contribution in [0.1, 0.15) is 78.4 Å². The van der Waals surface area contributed by atoms with E-state index in [-0.39, 0.29) is 41.7 Å². The highest BCUT2D eigenvalue weighted by molar-refractivity contribution is 7.99. The van der Waals surface area contributed by atoms with Gasteiger partial charge in [-0.05, 0) is 54.2 Å². The number of phenolic OH excluding ortho intramolecular Hbond substituents is 1. The molecule has 1 fully saturated rings. The maximum Gasteiger partial charge on any atom is 0.253 e. The molecule has 7 rings (SSSR count). The van der Waals surface area contributed by atoms with E-state index < -0.39 is 207 Å². The van der Waals surface area contributed by atoms with Gasteiger partial charge in [-0.15, -0.1) is 11.8 Å². The van der Waals surface area contributed by atoms with E-state index in [0.29, 0.717) is 28.5 Å². The van der Waals surface area contributed by atoms with Gasteiger partial charge in [0.1, 0.15) is 54.1 Å². The largest absolute Gasteiger partial charge is 0.508 e. The van der Waals surface area contributed by atoms with Gasteiger partial charge in [0.25, 0.3) is 11.8 Å². The molecule has 94 heavy (non-hydrogen) atoms. The molecule has 0 radical (unpaired) electrons. The molecular weight excluding hydrogens is 1250 g/mol. The van der Waals surface area contributed by atoms with Crippen LogP contribution in [0, 0.1) is 17.8 Å². The second-order valence-electron chi connectivity index (χ2n) is 23.9. The van der Waals surface area contributed by atoms with Crippen molar-refractivity contribution in [1.29, 1.82) is 0 Å². The molecule has 16 N–H and O–H groups in total. The number of anilines is 1. The number of aliphatic hydroxyl groups is 3. The van der Waals surface area contributed by atoms with E-state index in [9.17, 15) is 82.8 Å². The molecule has 33 heteroatoms. The number of H-pyrrole nitrogens is 1. The molecule has 4 aliphatic heterocycles. The first-order valence-electron chi connectivity index (χ1n) is 30.6. The van der Waals surface area contributed by atoms with Crippen molar-refractivity contribution in [3.05, 3.63) is 65.7 Å². The molecule has 14 amide bonds. The minimum atomic E-state index is -1.87. The monoisotopic (exact) mass is 1330 g/mol. The van der Waals surface area contributed by atoms with Crippen molar-refractivity contribution in [2.75, 3.05) is 43.9 Å². The van der Waals surface area contributed by atoms with Crippen molar-refractivity contribution in [2.24, 2.45) is 17.8 Å². The lowest BCUT2D eigenvalue weighted by molar-refractivity contribution is -0.144. The van der Waals surface area contributed by atoms with E-state index in [1.807, 2.05) is 0 Å². The average molecular weight is 1330 g/mol. The zero-order valence-electron chi connectivity index (χ0n) is 52.5. The fourth-order valence-corrected chi connectivity index (χ4v) is 11.9. The van der Waals surface area contributed by atoms with Crippen LogP contribution in [0.25, 0.3) is 10.9 Å². The molecule has 0 unspecified atom stereocenters. The first-order chi connectivity index (χ1) is 44.5. The summed E-state index contributed by atoms with van der Waals surface area (Å²) in [6, 6.07) is -1.76. The Bertz CT molecular complexity index is 3430. The summed E-state index contributed by atoms with van der Waals surface area (Å²) in [4.78, 5) is 197. The molecule has 3 aromatic rings. The van der Waals surface area contributed by atoms with E-state index in [1.54, 1.807) is 27.7 Å². The van der Waals surface area contributed by atoms with Crippen LogP contribution in [0.2, 0.25) is 0 Å². The number of nitrogens with zero attached hydrogens (tertiary/aromatic N) is 2. The molecule has 508 valence electrons. The molecule has 0 saturated carbocycles. The van der Waals surface area contributed by atoms with Crippen LogP contribution in [0.5, 0.6) is 5.75 Å². The Morgan fingerprint density at radius 1 is 0.734 bits per heavy atom. The van der Waals surface area contributed by atoms with Gasteiger partial charge in [0.2, 0.25) is 70.9 Å². The van der Waals surface area contributed by atoms with E-state index in [4.69, 9.17) is 0 Å². The molecule has 4 aliphatic rings. The lowest BCUT2D eigenvalue weighted by Gasteiger charge is -2.33. The predicted octanol–water partition coefficient (Wildman–Crippen LogP) is -4.21. The number of aromatic amines is 1. The maximum absolute atomic E-state index is 15.0. The van der Waals surface area contributed by atoms with Gasteiger partial charge >= 0.3 is 0 Å². The van der Waals surface area contributed by atoms with Crippen molar-refractivity contribution in [3.8, 4) is 5.75 Å². The second kappa shape index (κ2) is 32.4. The number of rotatable bonds is 18. The third-order valence-electron chi connectivity index (χ3n) is 16.6. The Hall–Kier alpha value is -9.47. The van der Waals surface area contributed by atoms with Gasteiger partial charge in [0.05, 0.1) is 48.9 Å². The topological polar surface area (TPSA) is 474 Å². The number of aliphatic hydroxyl groups excluding tert-OH is 3. The minimum absolute atomic E-state index is 0.184. The highest BCUT2D eigenvalue weighted by Gasteiger charge is 2.45. The fraction of sp³-hybridized carbons (Fsp3) is 0.508. The molecule has 1 aromatic heterocycles. The van der Waals surface area contributed by atoms with Gasteiger partial charge in [-0.25, -0.2) is 0 Å². The number of thioether (sulfide) groups is 1. The van der Waals surface area contributed by atoms with E-state index >= 15 is 4.79 Å². The summed E-state index contributed by atoms with van der Waals surface area (Å²) in [6.07, 6.45) is -2.50. The number of fused-ring (bicyclic) bond motifs is 5.